The van der Waals surface area contributed by atoms with E-state index in [4.69, 9.17) is 18.0 Å². The Morgan fingerprint density at radius 1 is 1.47 bits per heavy atom. The Bertz CT molecular complexity index is 570. The molecule has 1 rings (SSSR count). The lowest BCUT2D eigenvalue weighted by Gasteiger charge is -2.18. The molecule has 0 spiro atoms. The standard InChI is InChI=1S/C12H18N2O2S3/c1-9-8-10(12(13)17)4-5-11(9)19(15,16)14(2)6-7-18-3/h4-5,8H,6-7H2,1-3H3,(H2,13,17). The number of nitrogens with two attached hydrogens (primary N) is 1. The second-order valence-electron chi connectivity index (χ2n) is 4.16. The molecule has 19 heavy (non-hydrogen) atoms. The van der Waals surface area contributed by atoms with E-state index in [1.165, 1.54) is 4.31 Å². The predicted molar refractivity (Wildman–Crippen MR) is 85.3 cm³/mol. The van der Waals surface area contributed by atoms with Gasteiger partial charge in [0, 0.05) is 24.9 Å². The van der Waals surface area contributed by atoms with Gasteiger partial charge >= 0.3 is 0 Å². The van der Waals surface area contributed by atoms with E-state index in [0.29, 0.717) is 22.6 Å². The molecule has 0 unspecified atom stereocenters. The third-order valence-corrected chi connectivity index (χ3v) is 5.60. The van der Waals surface area contributed by atoms with Crippen molar-refractivity contribution < 1.29 is 8.42 Å². The maximum absolute atomic E-state index is 12.4. The quantitative estimate of drug-likeness (QED) is 0.808. The van der Waals surface area contributed by atoms with E-state index < -0.39 is 10.0 Å². The number of rotatable bonds is 6. The zero-order valence-corrected chi connectivity index (χ0v) is 13.7. The van der Waals surface area contributed by atoms with Crippen LogP contribution in [0.1, 0.15) is 11.1 Å². The van der Waals surface area contributed by atoms with Crippen molar-refractivity contribution in [3.05, 3.63) is 29.3 Å². The molecule has 7 heteroatoms. The Kier molecular flexibility index (Phi) is 5.79. The minimum Gasteiger partial charge on any atom is -0.389 e. The van der Waals surface area contributed by atoms with Crippen LogP contribution in [-0.2, 0) is 10.0 Å². The molecule has 1 aromatic carbocycles. The molecule has 0 bridgehead atoms. The smallest absolute Gasteiger partial charge is 0.243 e. The fraction of sp³-hybridized carbons (Fsp3) is 0.417. The molecule has 0 radical (unpaired) electrons. The zero-order valence-electron chi connectivity index (χ0n) is 11.2. The number of benzene rings is 1. The van der Waals surface area contributed by atoms with Gasteiger partial charge in [0.1, 0.15) is 4.99 Å². The zero-order chi connectivity index (χ0) is 14.6. The van der Waals surface area contributed by atoms with Crippen molar-refractivity contribution in [1.29, 1.82) is 0 Å². The first kappa shape index (κ1) is 16.4. The van der Waals surface area contributed by atoms with Crippen molar-refractivity contribution in [2.24, 2.45) is 5.73 Å². The number of hydrogen-bond acceptors (Lipinski definition) is 4. The topological polar surface area (TPSA) is 63.4 Å². The Morgan fingerprint density at radius 3 is 2.58 bits per heavy atom. The summed E-state index contributed by atoms with van der Waals surface area (Å²) in [7, 11) is -1.86. The van der Waals surface area contributed by atoms with Crippen LogP contribution in [0, 0.1) is 6.92 Å². The number of aryl methyl sites for hydroxylation is 1. The number of hydrogen-bond donors (Lipinski definition) is 1. The van der Waals surface area contributed by atoms with E-state index in [2.05, 4.69) is 0 Å². The van der Waals surface area contributed by atoms with Crippen LogP contribution in [0.15, 0.2) is 23.1 Å². The molecule has 0 saturated heterocycles. The van der Waals surface area contributed by atoms with E-state index in [0.717, 1.165) is 5.75 Å². The first-order valence-corrected chi connectivity index (χ1v) is 8.90. The summed E-state index contributed by atoms with van der Waals surface area (Å²) in [4.78, 5) is 0.568. The highest BCUT2D eigenvalue weighted by Gasteiger charge is 2.22. The summed E-state index contributed by atoms with van der Waals surface area (Å²) < 4.78 is 26.2. The van der Waals surface area contributed by atoms with Crippen LogP contribution >= 0.6 is 24.0 Å². The molecule has 1 aromatic rings. The largest absolute Gasteiger partial charge is 0.389 e. The van der Waals surface area contributed by atoms with E-state index in [9.17, 15) is 8.42 Å². The highest BCUT2D eigenvalue weighted by molar-refractivity contribution is 7.98. The van der Waals surface area contributed by atoms with Crippen LogP contribution < -0.4 is 5.73 Å². The van der Waals surface area contributed by atoms with Crippen LogP contribution in [0.5, 0.6) is 0 Å². The molecule has 0 atom stereocenters. The van der Waals surface area contributed by atoms with Crippen LogP contribution in [0.2, 0.25) is 0 Å². The number of thioether (sulfide) groups is 1. The lowest BCUT2D eigenvalue weighted by atomic mass is 10.1. The molecule has 0 aromatic heterocycles. The van der Waals surface area contributed by atoms with Crippen molar-refractivity contribution in [3.63, 3.8) is 0 Å². The van der Waals surface area contributed by atoms with Gasteiger partial charge in [0.25, 0.3) is 0 Å². The Hall–Kier alpha value is -0.630. The minimum atomic E-state index is -3.45. The summed E-state index contributed by atoms with van der Waals surface area (Å²) in [6.45, 7) is 2.23. The highest BCUT2D eigenvalue weighted by atomic mass is 32.2. The van der Waals surface area contributed by atoms with Crippen LogP contribution in [0.25, 0.3) is 0 Å². The lowest BCUT2D eigenvalue weighted by molar-refractivity contribution is 0.488. The first-order chi connectivity index (χ1) is 8.80. The Balaban J connectivity index is 3.12. The van der Waals surface area contributed by atoms with Crippen molar-refractivity contribution >= 4 is 39.0 Å². The van der Waals surface area contributed by atoms with Gasteiger partial charge in [-0.15, -0.1) is 0 Å². The summed E-state index contributed by atoms with van der Waals surface area (Å²) in [5.74, 6) is 0.764. The van der Waals surface area contributed by atoms with Gasteiger partial charge < -0.3 is 5.73 Å². The van der Waals surface area contributed by atoms with Gasteiger partial charge in [-0.2, -0.15) is 11.8 Å². The molecule has 0 saturated carbocycles. The summed E-state index contributed by atoms with van der Waals surface area (Å²) in [5.41, 5.74) is 6.87. The van der Waals surface area contributed by atoms with E-state index in [1.807, 2.05) is 6.26 Å². The number of sulfonamides is 1. The van der Waals surface area contributed by atoms with Crippen molar-refractivity contribution in [1.82, 2.24) is 4.31 Å². The van der Waals surface area contributed by atoms with Crippen molar-refractivity contribution in [2.45, 2.75) is 11.8 Å². The maximum atomic E-state index is 12.4. The SMILES string of the molecule is CSCCN(C)S(=O)(=O)c1ccc(C(N)=S)cc1C. The van der Waals surface area contributed by atoms with Crippen molar-refractivity contribution in [3.8, 4) is 0 Å². The van der Waals surface area contributed by atoms with E-state index in [-0.39, 0.29) is 4.99 Å². The molecule has 2 N–H and O–H groups in total. The summed E-state index contributed by atoms with van der Waals surface area (Å²) in [6.07, 6.45) is 1.95. The number of nitrogens with zero attached hydrogens (tertiary/aromatic N) is 1. The highest BCUT2D eigenvalue weighted by Crippen LogP contribution is 2.20. The predicted octanol–water partition coefficient (Wildman–Crippen LogP) is 1.61. The fourth-order valence-corrected chi connectivity index (χ4v) is 3.67. The lowest BCUT2D eigenvalue weighted by Crippen LogP contribution is -2.29. The monoisotopic (exact) mass is 318 g/mol. The molecule has 0 amide bonds. The molecule has 0 aliphatic rings. The maximum Gasteiger partial charge on any atom is 0.243 e. The fourth-order valence-electron chi connectivity index (χ4n) is 1.60. The van der Waals surface area contributed by atoms with Crippen LogP contribution in [-0.4, -0.2) is 43.3 Å². The average Bonchev–Trinajstić information content (AvgIpc) is 2.35. The Labute approximate surface area is 124 Å². The van der Waals surface area contributed by atoms with Crippen molar-refractivity contribution in [2.75, 3.05) is 25.6 Å². The summed E-state index contributed by atoms with van der Waals surface area (Å²) in [5, 5.41) is 0. The van der Waals surface area contributed by atoms with Gasteiger partial charge in [-0.3, -0.25) is 0 Å². The second-order valence-corrected chi connectivity index (χ2v) is 7.60. The first-order valence-electron chi connectivity index (χ1n) is 5.66. The van der Waals surface area contributed by atoms with E-state index >= 15 is 0 Å². The third-order valence-electron chi connectivity index (χ3n) is 2.76. The van der Waals surface area contributed by atoms with Gasteiger partial charge in [-0.25, -0.2) is 12.7 Å². The normalized spacial score (nSPS) is 11.8. The molecular formula is C12H18N2O2S3. The molecule has 4 nitrogen and oxygen atoms in total. The molecular weight excluding hydrogens is 300 g/mol. The van der Waals surface area contributed by atoms with Gasteiger partial charge in [0.05, 0.1) is 4.90 Å². The van der Waals surface area contributed by atoms with Gasteiger partial charge in [0.15, 0.2) is 0 Å². The summed E-state index contributed by atoms with van der Waals surface area (Å²) in [6, 6.07) is 4.91. The second kappa shape index (κ2) is 6.69. The van der Waals surface area contributed by atoms with Crippen LogP contribution in [0.4, 0.5) is 0 Å². The molecule has 0 fully saturated rings. The number of thiocarbonyl (C=S) groups is 1. The molecule has 106 valence electrons. The third kappa shape index (κ3) is 3.92. The summed E-state index contributed by atoms with van der Waals surface area (Å²) >= 11 is 6.49. The van der Waals surface area contributed by atoms with Crippen LogP contribution in [0.3, 0.4) is 0 Å². The minimum absolute atomic E-state index is 0.266. The molecule has 0 heterocycles. The average molecular weight is 318 g/mol. The van der Waals surface area contributed by atoms with Gasteiger partial charge in [-0.05, 0) is 30.9 Å². The molecule has 0 aliphatic heterocycles. The van der Waals surface area contributed by atoms with Gasteiger partial charge in [0.2, 0.25) is 10.0 Å². The Morgan fingerprint density at radius 2 is 2.11 bits per heavy atom. The molecule has 0 aliphatic carbocycles. The van der Waals surface area contributed by atoms with Gasteiger partial charge in [-0.1, -0.05) is 18.3 Å². The van der Waals surface area contributed by atoms with E-state index in [1.54, 1.807) is 43.9 Å².